The summed E-state index contributed by atoms with van der Waals surface area (Å²) in [6, 6.07) is 10.6. The minimum atomic E-state index is -1.51. The SMILES string of the molecule is CC(C)(C)C(C#N)(C(=O)O)c1ccccc1. The number of carboxylic acid groups (broad SMARTS) is 1. The molecule has 0 amide bonds. The molecule has 0 saturated carbocycles. The number of carbonyl (C=O) groups is 1. The number of rotatable bonds is 2. The van der Waals surface area contributed by atoms with Crippen LogP contribution in [0.5, 0.6) is 0 Å². The molecule has 1 N–H and O–H groups in total. The number of carboxylic acids is 1. The number of nitrogens with zero attached hydrogens (tertiary/aromatic N) is 1. The predicted molar refractivity (Wildman–Crippen MR) is 60.8 cm³/mol. The van der Waals surface area contributed by atoms with Crippen molar-refractivity contribution >= 4 is 5.97 Å². The number of hydrogen-bond acceptors (Lipinski definition) is 2. The number of benzene rings is 1. The minimum absolute atomic E-state index is 0.525. The van der Waals surface area contributed by atoms with Gasteiger partial charge in [-0.1, -0.05) is 51.1 Å². The lowest BCUT2D eigenvalue weighted by Gasteiger charge is -2.35. The number of nitriles is 1. The smallest absolute Gasteiger partial charge is 0.329 e. The monoisotopic (exact) mass is 217 g/mol. The van der Waals surface area contributed by atoms with Gasteiger partial charge in [0.15, 0.2) is 5.41 Å². The van der Waals surface area contributed by atoms with Crippen molar-refractivity contribution in [1.82, 2.24) is 0 Å². The summed E-state index contributed by atoms with van der Waals surface area (Å²) in [5.74, 6) is -1.10. The van der Waals surface area contributed by atoms with Gasteiger partial charge in [0.25, 0.3) is 0 Å². The van der Waals surface area contributed by atoms with Gasteiger partial charge in [-0.05, 0) is 11.0 Å². The molecule has 0 aromatic heterocycles. The van der Waals surface area contributed by atoms with Gasteiger partial charge < -0.3 is 5.11 Å². The fraction of sp³-hybridized carbons (Fsp3) is 0.385. The molecule has 3 nitrogen and oxygen atoms in total. The molecule has 0 bridgehead atoms. The molecule has 1 aromatic carbocycles. The first-order chi connectivity index (χ1) is 7.36. The Bertz CT molecular complexity index is 425. The van der Waals surface area contributed by atoms with Gasteiger partial charge in [0, 0.05) is 0 Å². The highest BCUT2D eigenvalue weighted by atomic mass is 16.4. The summed E-state index contributed by atoms with van der Waals surface area (Å²) in [5.41, 5.74) is -1.65. The van der Waals surface area contributed by atoms with Gasteiger partial charge in [-0.15, -0.1) is 0 Å². The topological polar surface area (TPSA) is 61.1 Å². The first-order valence-electron chi connectivity index (χ1n) is 5.06. The Kier molecular flexibility index (Phi) is 3.04. The number of aliphatic carboxylic acids is 1. The molecule has 0 aliphatic rings. The second-order valence-corrected chi connectivity index (χ2v) is 4.78. The summed E-state index contributed by atoms with van der Waals surface area (Å²) < 4.78 is 0. The first kappa shape index (κ1) is 12.3. The zero-order valence-corrected chi connectivity index (χ0v) is 9.69. The molecular weight excluding hydrogens is 202 g/mol. The summed E-state index contributed by atoms with van der Waals surface area (Å²) in [6.45, 7) is 5.28. The van der Waals surface area contributed by atoms with Crippen LogP contribution in [0.1, 0.15) is 26.3 Å². The van der Waals surface area contributed by atoms with Gasteiger partial charge >= 0.3 is 5.97 Å². The highest BCUT2D eigenvalue weighted by molar-refractivity contribution is 5.86. The molecule has 0 aliphatic carbocycles. The fourth-order valence-corrected chi connectivity index (χ4v) is 1.85. The minimum Gasteiger partial charge on any atom is -0.480 e. The normalized spacial score (nSPS) is 14.9. The van der Waals surface area contributed by atoms with Crippen LogP contribution in [0.3, 0.4) is 0 Å². The number of hydrogen-bond donors (Lipinski definition) is 1. The molecule has 1 unspecified atom stereocenters. The van der Waals surface area contributed by atoms with Gasteiger partial charge in [0.2, 0.25) is 0 Å². The summed E-state index contributed by atoms with van der Waals surface area (Å²) in [5, 5.41) is 18.7. The van der Waals surface area contributed by atoms with E-state index in [0.717, 1.165) is 0 Å². The maximum atomic E-state index is 11.5. The van der Waals surface area contributed by atoms with Gasteiger partial charge in [-0.3, -0.25) is 4.79 Å². The van der Waals surface area contributed by atoms with Crippen LogP contribution in [0.25, 0.3) is 0 Å². The van der Waals surface area contributed by atoms with Crippen LogP contribution in [0, 0.1) is 16.7 Å². The molecule has 0 saturated heterocycles. The Morgan fingerprint density at radius 2 is 1.75 bits per heavy atom. The van der Waals surface area contributed by atoms with Crippen molar-refractivity contribution in [3.8, 4) is 6.07 Å². The lowest BCUT2D eigenvalue weighted by Crippen LogP contribution is -2.46. The van der Waals surface area contributed by atoms with Crippen LogP contribution in [0.15, 0.2) is 30.3 Å². The summed E-state index contributed by atoms with van der Waals surface area (Å²) in [7, 11) is 0. The molecule has 3 heteroatoms. The molecule has 0 heterocycles. The van der Waals surface area contributed by atoms with Gasteiger partial charge in [0.05, 0.1) is 6.07 Å². The average molecular weight is 217 g/mol. The van der Waals surface area contributed by atoms with E-state index < -0.39 is 16.8 Å². The van der Waals surface area contributed by atoms with Crippen LogP contribution in [-0.4, -0.2) is 11.1 Å². The standard InChI is InChI=1S/C13H15NO2/c1-12(2,3)13(9-14,11(15)16)10-7-5-4-6-8-10/h4-8H,1-3H3,(H,15,16). The molecule has 0 spiro atoms. The zero-order valence-electron chi connectivity index (χ0n) is 9.69. The highest BCUT2D eigenvalue weighted by Gasteiger charge is 2.51. The quantitative estimate of drug-likeness (QED) is 0.828. The summed E-state index contributed by atoms with van der Waals surface area (Å²) in [4.78, 5) is 11.5. The molecule has 84 valence electrons. The molecular formula is C13H15NO2. The molecule has 0 fully saturated rings. The van der Waals surface area contributed by atoms with Crippen LogP contribution < -0.4 is 0 Å². The van der Waals surface area contributed by atoms with E-state index >= 15 is 0 Å². The fourth-order valence-electron chi connectivity index (χ4n) is 1.85. The molecule has 16 heavy (non-hydrogen) atoms. The van der Waals surface area contributed by atoms with Crippen molar-refractivity contribution in [3.63, 3.8) is 0 Å². The van der Waals surface area contributed by atoms with Crippen molar-refractivity contribution in [2.75, 3.05) is 0 Å². The summed E-state index contributed by atoms with van der Waals surface area (Å²) >= 11 is 0. The third kappa shape index (κ3) is 1.67. The summed E-state index contributed by atoms with van der Waals surface area (Å²) in [6.07, 6.45) is 0. The van der Waals surface area contributed by atoms with Crippen LogP contribution >= 0.6 is 0 Å². The van der Waals surface area contributed by atoms with E-state index in [1.807, 2.05) is 6.07 Å². The molecule has 0 radical (unpaired) electrons. The molecule has 1 aromatic rings. The maximum absolute atomic E-state index is 11.5. The zero-order chi connectivity index (χ0) is 12.4. The molecule has 1 atom stereocenters. The van der Waals surface area contributed by atoms with Crippen molar-refractivity contribution in [1.29, 1.82) is 5.26 Å². The predicted octanol–water partition coefficient (Wildman–Crippen LogP) is 2.58. The second kappa shape index (κ2) is 3.97. The van der Waals surface area contributed by atoms with Crippen LogP contribution in [-0.2, 0) is 10.2 Å². The van der Waals surface area contributed by atoms with E-state index in [1.165, 1.54) is 0 Å². The van der Waals surface area contributed by atoms with Crippen molar-refractivity contribution in [2.45, 2.75) is 26.2 Å². The molecule has 1 rings (SSSR count). The van der Waals surface area contributed by atoms with Crippen LogP contribution in [0.2, 0.25) is 0 Å². The first-order valence-corrected chi connectivity index (χ1v) is 5.06. The Balaban J connectivity index is 3.50. The largest absolute Gasteiger partial charge is 0.480 e. The lowest BCUT2D eigenvalue weighted by atomic mass is 9.63. The van der Waals surface area contributed by atoms with Crippen LogP contribution in [0.4, 0.5) is 0 Å². The van der Waals surface area contributed by atoms with Gasteiger partial charge in [-0.2, -0.15) is 5.26 Å². The van der Waals surface area contributed by atoms with E-state index in [1.54, 1.807) is 51.1 Å². The Morgan fingerprint density at radius 3 is 2.06 bits per heavy atom. The second-order valence-electron chi connectivity index (χ2n) is 4.78. The lowest BCUT2D eigenvalue weighted by molar-refractivity contribution is -0.145. The Hall–Kier alpha value is -1.82. The van der Waals surface area contributed by atoms with Crippen molar-refractivity contribution in [2.24, 2.45) is 5.41 Å². The Labute approximate surface area is 95.3 Å². The third-order valence-electron chi connectivity index (χ3n) is 2.82. The van der Waals surface area contributed by atoms with E-state index in [9.17, 15) is 15.2 Å². The average Bonchev–Trinajstić information content (AvgIpc) is 2.18. The van der Waals surface area contributed by atoms with Crippen molar-refractivity contribution < 1.29 is 9.90 Å². The van der Waals surface area contributed by atoms with Gasteiger partial charge in [0.1, 0.15) is 0 Å². The van der Waals surface area contributed by atoms with E-state index in [4.69, 9.17) is 0 Å². The van der Waals surface area contributed by atoms with Crippen molar-refractivity contribution in [3.05, 3.63) is 35.9 Å². The molecule has 0 aliphatic heterocycles. The highest BCUT2D eigenvalue weighted by Crippen LogP contribution is 2.41. The van der Waals surface area contributed by atoms with E-state index in [2.05, 4.69) is 0 Å². The Morgan fingerprint density at radius 1 is 1.25 bits per heavy atom. The maximum Gasteiger partial charge on any atom is 0.329 e. The third-order valence-corrected chi connectivity index (χ3v) is 2.82. The van der Waals surface area contributed by atoms with Gasteiger partial charge in [-0.25, -0.2) is 0 Å². The van der Waals surface area contributed by atoms with E-state index in [-0.39, 0.29) is 0 Å². The van der Waals surface area contributed by atoms with E-state index in [0.29, 0.717) is 5.56 Å².